The van der Waals surface area contributed by atoms with E-state index < -0.39 is 17.5 Å². The quantitative estimate of drug-likeness (QED) is 0.781. The number of hydrogen-bond donors (Lipinski definition) is 2. The molecular weight excluding hydrogens is 296 g/mol. The summed E-state index contributed by atoms with van der Waals surface area (Å²) in [6.45, 7) is 8.10. The van der Waals surface area contributed by atoms with Gasteiger partial charge in [-0.3, -0.25) is 14.9 Å². The van der Waals surface area contributed by atoms with Crippen LogP contribution in [0.1, 0.15) is 59.8 Å². The summed E-state index contributed by atoms with van der Waals surface area (Å²) in [5.74, 6) is 0.568. The molecule has 4 atom stereocenters. The third-order valence-electron chi connectivity index (χ3n) is 5.20. The summed E-state index contributed by atoms with van der Waals surface area (Å²) in [7, 11) is 0. The van der Waals surface area contributed by atoms with Crippen LogP contribution in [0.4, 0.5) is 4.79 Å². The van der Waals surface area contributed by atoms with Gasteiger partial charge in [-0.15, -0.1) is 0 Å². The molecule has 1 aliphatic heterocycles. The molecular formula is C17H28N2O4. The maximum atomic E-state index is 12.3. The molecule has 0 radical (unpaired) electrons. The highest BCUT2D eigenvalue weighted by Gasteiger charge is 2.41. The number of ether oxygens (including phenoxy) is 1. The van der Waals surface area contributed by atoms with Crippen molar-refractivity contribution in [2.75, 3.05) is 0 Å². The summed E-state index contributed by atoms with van der Waals surface area (Å²) in [5.41, 5.74) is -1.08. The Morgan fingerprint density at radius 1 is 1.35 bits per heavy atom. The van der Waals surface area contributed by atoms with Crippen molar-refractivity contribution in [1.82, 2.24) is 10.6 Å². The zero-order valence-electron chi connectivity index (χ0n) is 14.5. The monoisotopic (exact) mass is 324 g/mol. The van der Waals surface area contributed by atoms with Gasteiger partial charge >= 0.3 is 6.09 Å². The Labute approximate surface area is 137 Å². The van der Waals surface area contributed by atoms with Crippen LogP contribution in [0.25, 0.3) is 0 Å². The van der Waals surface area contributed by atoms with Crippen molar-refractivity contribution < 1.29 is 19.1 Å². The molecule has 1 aliphatic carbocycles. The summed E-state index contributed by atoms with van der Waals surface area (Å²) in [4.78, 5) is 35.5. The van der Waals surface area contributed by atoms with E-state index in [4.69, 9.17) is 4.74 Å². The Kier molecular flexibility index (Phi) is 5.32. The van der Waals surface area contributed by atoms with Crippen LogP contribution in [0.2, 0.25) is 0 Å². The average molecular weight is 324 g/mol. The van der Waals surface area contributed by atoms with Crippen molar-refractivity contribution in [3.05, 3.63) is 0 Å². The average Bonchev–Trinajstić information content (AvgIpc) is 2.43. The molecule has 0 unspecified atom stereocenters. The Bertz CT molecular complexity index is 491. The van der Waals surface area contributed by atoms with Crippen LogP contribution >= 0.6 is 0 Å². The van der Waals surface area contributed by atoms with Gasteiger partial charge in [0, 0.05) is 6.42 Å². The van der Waals surface area contributed by atoms with Crippen LogP contribution in [0.5, 0.6) is 0 Å². The van der Waals surface area contributed by atoms with Gasteiger partial charge in [0.2, 0.25) is 5.91 Å². The van der Waals surface area contributed by atoms with Gasteiger partial charge in [-0.05, 0) is 43.9 Å². The smallest absolute Gasteiger partial charge is 0.408 e. The minimum atomic E-state index is -1.08. The molecule has 6 heteroatoms. The van der Waals surface area contributed by atoms with E-state index in [2.05, 4.69) is 31.4 Å². The molecule has 2 rings (SSSR count). The van der Waals surface area contributed by atoms with Crippen LogP contribution in [-0.2, 0) is 14.3 Å². The van der Waals surface area contributed by atoms with Gasteiger partial charge in [-0.2, -0.15) is 0 Å². The fourth-order valence-electron chi connectivity index (χ4n) is 3.57. The van der Waals surface area contributed by atoms with Crippen molar-refractivity contribution in [3.63, 3.8) is 0 Å². The lowest BCUT2D eigenvalue weighted by Crippen LogP contribution is -2.61. The largest absolute Gasteiger partial charge is 0.446 e. The number of imide groups is 1. The van der Waals surface area contributed by atoms with Crippen LogP contribution < -0.4 is 10.6 Å². The first-order valence-electron chi connectivity index (χ1n) is 8.54. The second kappa shape index (κ2) is 6.89. The molecule has 23 heavy (non-hydrogen) atoms. The molecule has 1 saturated carbocycles. The number of rotatable bonds is 3. The molecule has 1 saturated heterocycles. The number of carbonyl (C=O) groups is 3. The highest BCUT2D eigenvalue weighted by atomic mass is 16.6. The van der Waals surface area contributed by atoms with E-state index in [1.54, 1.807) is 6.92 Å². The number of amides is 3. The van der Waals surface area contributed by atoms with E-state index in [0.717, 1.165) is 19.3 Å². The van der Waals surface area contributed by atoms with E-state index in [1.807, 2.05) is 0 Å². The maximum absolute atomic E-state index is 12.3. The zero-order chi connectivity index (χ0) is 17.2. The van der Waals surface area contributed by atoms with Gasteiger partial charge in [-0.1, -0.05) is 27.2 Å². The highest BCUT2D eigenvalue weighted by Crippen LogP contribution is 2.35. The molecule has 2 fully saturated rings. The lowest BCUT2D eigenvalue weighted by molar-refractivity contribution is -0.138. The van der Waals surface area contributed by atoms with E-state index in [-0.39, 0.29) is 18.4 Å². The molecule has 0 aromatic heterocycles. The Balaban J connectivity index is 1.97. The van der Waals surface area contributed by atoms with Crippen LogP contribution in [0, 0.1) is 17.8 Å². The Morgan fingerprint density at radius 2 is 2.04 bits per heavy atom. The first-order chi connectivity index (χ1) is 10.7. The topological polar surface area (TPSA) is 84.5 Å². The van der Waals surface area contributed by atoms with Gasteiger partial charge in [0.1, 0.15) is 11.6 Å². The van der Waals surface area contributed by atoms with Gasteiger partial charge in [0.05, 0.1) is 0 Å². The summed E-state index contributed by atoms with van der Waals surface area (Å²) in [5, 5.41) is 4.93. The Hall–Kier alpha value is -1.59. The predicted octanol–water partition coefficient (Wildman–Crippen LogP) is 2.37. The standard InChI is InChI=1S/C17H28N2O4/c1-10(2)12-6-5-11(3)9-13(12)23-16(22)19-17(4)8-7-14(20)18-15(17)21/h10-13H,5-9H2,1-4H3,(H,19,22)(H,18,20,21)/t11-,12-,13-,17-/m1/s1. The number of piperidine rings is 1. The first-order valence-corrected chi connectivity index (χ1v) is 8.54. The fourth-order valence-corrected chi connectivity index (χ4v) is 3.57. The second-order valence-corrected chi connectivity index (χ2v) is 7.60. The summed E-state index contributed by atoms with van der Waals surface area (Å²) in [6, 6.07) is 0. The summed E-state index contributed by atoms with van der Waals surface area (Å²) >= 11 is 0. The van der Waals surface area contributed by atoms with Crippen molar-refractivity contribution in [3.8, 4) is 0 Å². The molecule has 6 nitrogen and oxygen atoms in total. The third kappa shape index (κ3) is 4.24. The van der Waals surface area contributed by atoms with Gasteiger partial charge in [0.25, 0.3) is 5.91 Å². The highest BCUT2D eigenvalue weighted by molar-refractivity contribution is 6.03. The van der Waals surface area contributed by atoms with E-state index in [1.165, 1.54) is 0 Å². The van der Waals surface area contributed by atoms with Crippen molar-refractivity contribution >= 4 is 17.9 Å². The minimum absolute atomic E-state index is 0.115. The molecule has 130 valence electrons. The van der Waals surface area contributed by atoms with Crippen molar-refractivity contribution in [2.24, 2.45) is 17.8 Å². The number of carbonyl (C=O) groups excluding carboxylic acids is 3. The molecule has 3 amide bonds. The molecule has 0 spiro atoms. The number of nitrogens with one attached hydrogen (secondary N) is 2. The molecule has 0 bridgehead atoms. The van der Waals surface area contributed by atoms with Crippen LogP contribution in [0.15, 0.2) is 0 Å². The SMILES string of the molecule is CC(C)[C@H]1CC[C@@H](C)C[C@H]1OC(=O)N[C@]1(C)CCC(=O)NC1=O. The first kappa shape index (κ1) is 17.8. The zero-order valence-corrected chi connectivity index (χ0v) is 14.5. The number of alkyl carbamates (subject to hydrolysis) is 1. The van der Waals surface area contributed by atoms with E-state index in [9.17, 15) is 14.4 Å². The second-order valence-electron chi connectivity index (χ2n) is 7.60. The normalized spacial score (nSPS) is 34.9. The lowest BCUT2D eigenvalue weighted by atomic mass is 9.75. The van der Waals surface area contributed by atoms with Gasteiger partial charge in [-0.25, -0.2) is 4.79 Å². The summed E-state index contributed by atoms with van der Waals surface area (Å²) < 4.78 is 5.66. The van der Waals surface area contributed by atoms with Gasteiger partial charge < -0.3 is 10.1 Å². The molecule has 1 heterocycles. The molecule has 2 aliphatic rings. The van der Waals surface area contributed by atoms with Crippen molar-refractivity contribution in [2.45, 2.75) is 71.4 Å². The maximum Gasteiger partial charge on any atom is 0.408 e. The Morgan fingerprint density at radius 3 is 2.65 bits per heavy atom. The van der Waals surface area contributed by atoms with Gasteiger partial charge in [0.15, 0.2) is 0 Å². The molecule has 0 aromatic rings. The van der Waals surface area contributed by atoms with Crippen molar-refractivity contribution in [1.29, 1.82) is 0 Å². The minimum Gasteiger partial charge on any atom is -0.446 e. The van der Waals surface area contributed by atoms with Crippen LogP contribution in [0.3, 0.4) is 0 Å². The third-order valence-corrected chi connectivity index (χ3v) is 5.20. The number of hydrogen-bond acceptors (Lipinski definition) is 4. The predicted molar refractivity (Wildman–Crippen MR) is 85.5 cm³/mol. The molecule has 2 N–H and O–H groups in total. The molecule has 0 aromatic carbocycles. The van der Waals surface area contributed by atoms with Crippen LogP contribution in [-0.4, -0.2) is 29.6 Å². The fraction of sp³-hybridized carbons (Fsp3) is 0.824. The summed E-state index contributed by atoms with van der Waals surface area (Å²) in [6.07, 6.45) is 2.91. The lowest BCUT2D eigenvalue weighted by Gasteiger charge is -2.38. The van der Waals surface area contributed by atoms with E-state index >= 15 is 0 Å². The van der Waals surface area contributed by atoms with E-state index in [0.29, 0.717) is 24.2 Å².